The van der Waals surface area contributed by atoms with Crippen LogP contribution in [-0.4, -0.2) is 26.6 Å². The minimum Gasteiger partial charge on any atom is -0.370 e. The van der Waals surface area contributed by atoms with Crippen LogP contribution in [0.25, 0.3) is 0 Å². The molecule has 9 heteroatoms. The first-order valence-electron chi connectivity index (χ1n) is 6.52. The molecule has 2 N–H and O–H groups in total. The van der Waals surface area contributed by atoms with Crippen LogP contribution in [-0.2, 0) is 6.54 Å². The Morgan fingerprint density at radius 1 is 1.33 bits per heavy atom. The molecule has 0 amide bonds. The first kappa shape index (κ1) is 14.7. The summed E-state index contributed by atoms with van der Waals surface area (Å²) in [7, 11) is 0. The molecule has 21 heavy (non-hydrogen) atoms. The Bertz CT molecular complexity index is 627. The minimum absolute atomic E-state index is 0.103. The fourth-order valence-corrected chi connectivity index (χ4v) is 1.65. The normalized spacial score (nSPS) is 10.4. The van der Waals surface area contributed by atoms with Gasteiger partial charge in [-0.1, -0.05) is 12.1 Å². The predicted octanol–water partition coefficient (Wildman–Crippen LogP) is 2.12. The van der Waals surface area contributed by atoms with Crippen molar-refractivity contribution in [2.75, 3.05) is 17.2 Å². The van der Waals surface area contributed by atoms with Crippen LogP contribution in [0.1, 0.15) is 25.1 Å². The van der Waals surface area contributed by atoms with E-state index in [0.717, 1.165) is 13.0 Å². The van der Waals surface area contributed by atoms with Crippen LogP contribution < -0.4 is 10.6 Å². The van der Waals surface area contributed by atoms with Gasteiger partial charge in [-0.15, -0.1) is 0 Å². The van der Waals surface area contributed by atoms with E-state index in [4.69, 9.17) is 4.52 Å². The Morgan fingerprint density at radius 2 is 2.14 bits per heavy atom. The number of anilines is 2. The number of pyridine rings is 1. The van der Waals surface area contributed by atoms with Crippen molar-refractivity contribution in [3.8, 4) is 0 Å². The van der Waals surface area contributed by atoms with Crippen molar-refractivity contribution in [1.29, 1.82) is 0 Å². The number of aromatic nitrogens is 3. The van der Waals surface area contributed by atoms with Crippen molar-refractivity contribution in [1.82, 2.24) is 15.1 Å². The SMILES string of the molecule is CCCNc1ccc([N+](=O)[O-])c(NCc2nc(C)no2)n1. The lowest BCUT2D eigenvalue weighted by Crippen LogP contribution is -2.08. The number of aryl methyl sites for hydroxylation is 1. The van der Waals surface area contributed by atoms with E-state index < -0.39 is 4.92 Å². The zero-order valence-corrected chi connectivity index (χ0v) is 11.8. The van der Waals surface area contributed by atoms with Crippen LogP contribution in [0.3, 0.4) is 0 Å². The molecule has 0 saturated heterocycles. The lowest BCUT2D eigenvalue weighted by Gasteiger charge is -2.08. The van der Waals surface area contributed by atoms with Crippen molar-refractivity contribution in [3.05, 3.63) is 34.0 Å². The Balaban J connectivity index is 2.15. The molecular formula is C12H16N6O3. The highest BCUT2D eigenvalue weighted by atomic mass is 16.6. The van der Waals surface area contributed by atoms with Crippen molar-refractivity contribution >= 4 is 17.3 Å². The van der Waals surface area contributed by atoms with E-state index in [1.165, 1.54) is 6.07 Å². The van der Waals surface area contributed by atoms with Gasteiger partial charge in [0.15, 0.2) is 5.82 Å². The van der Waals surface area contributed by atoms with Gasteiger partial charge in [-0.25, -0.2) is 4.98 Å². The molecule has 2 aromatic rings. The van der Waals surface area contributed by atoms with Gasteiger partial charge >= 0.3 is 5.69 Å². The highest BCUT2D eigenvalue weighted by Gasteiger charge is 2.16. The van der Waals surface area contributed by atoms with Crippen LogP contribution in [0.5, 0.6) is 0 Å². The van der Waals surface area contributed by atoms with Gasteiger partial charge in [0.25, 0.3) is 0 Å². The van der Waals surface area contributed by atoms with Gasteiger partial charge in [0.1, 0.15) is 5.82 Å². The average Bonchev–Trinajstić information content (AvgIpc) is 2.88. The van der Waals surface area contributed by atoms with Gasteiger partial charge < -0.3 is 15.2 Å². The van der Waals surface area contributed by atoms with E-state index >= 15 is 0 Å². The molecule has 0 aliphatic carbocycles. The van der Waals surface area contributed by atoms with Gasteiger partial charge in [-0.2, -0.15) is 4.98 Å². The number of nitrogens with one attached hydrogen (secondary N) is 2. The molecular weight excluding hydrogens is 276 g/mol. The maximum Gasteiger partial charge on any atom is 0.311 e. The molecule has 112 valence electrons. The third-order valence-corrected chi connectivity index (χ3v) is 2.60. The molecule has 0 radical (unpaired) electrons. The van der Waals surface area contributed by atoms with E-state index in [1.807, 2.05) is 6.92 Å². The standard InChI is InChI=1S/C12H16N6O3/c1-3-6-13-10-5-4-9(18(19)20)12(16-10)14-7-11-15-8(2)17-21-11/h4-5H,3,6-7H2,1-2H3,(H2,13,14,16). The summed E-state index contributed by atoms with van der Waals surface area (Å²) in [6.45, 7) is 4.64. The number of nitro groups is 1. The summed E-state index contributed by atoms with van der Waals surface area (Å²) in [4.78, 5) is 18.7. The quantitative estimate of drug-likeness (QED) is 0.588. The number of hydrogen-bond donors (Lipinski definition) is 2. The molecule has 0 atom stereocenters. The minimum atomic E-state index is -0.488. The molecule has 2 heterocycles. The highest BCUT2D eigenvalue weighted by molar-refractivity contribution is 5.60. The van der Waals surface area contributed by atoms with Crippen LogP contribution in [0.15, 0.2) is 16.7 Å². The van der Waals surface area contributed by atoms with Gasteiger partial charge in [0.05, 0.1) is 11.5 Å². The Hall–Kier alpha value is -2.71. The number of rotatable bonds is 7. The first-order chi connectivity index (χ1) is 10.1. The smallest absolute Gasteiger partial charge is 0.311 e. The molecule has 2 rings (SSSR count). The zero-order chi connectivity index (χ0) is 15.2. The van der Waals surface area contributed by atoms with Gasteiger partial charge in [-0.05, 0) is 19.4 Å². The largest absolute Gasteiger partial charge is 0.370 e. The van der Waals surface area contributed by atoms with Gasteiger partial charge in [-0.3, -0.25) is 10.1 Å². The lowest BCUT2D eigenvalue weighted by molar-refractivity contribution is -0.384. The molecule has 0 aliphatic rings. The average molecular weight is 292 g/mol. The highest BCUT2D eigenvalue weighted by Crippen LogP contribution is 2.24. The summed E-state index contributed by atoms with van der Waals surface area (Å²) >= 11 is 0. The second-order valence-corrected chi connectivity index (χ2v) is 4.34. The van der Waals surface area contributed by atoms with Gasteiger partial charge in [0.2, 0.25) is 11.7 Å². The number of nitrogens with zero attached hydrogens (tertiary/aromatic N) is 4. The summed E-state index contributed by atoms with van der Waals surface area (Å²) in [6.07, 6.45) is 0.933. The van der Waals surface area contributed by atoms with E-state index in [-0.39, 0.29) is 18.1 Å². The predicted molar refractivity (Wildman–Crippen MR) is 76.0 cm³/mol. The molecule has 0 unspecified atom stereocenters. The second kappa shape index (κ2) is 6.64. The van der Waals surface area contributed by atoms with E-state index in [0.29, 0.717) is 17.5 Å². The topological polar surface area (TPSA) is 119 Å². The number of hydrogen-bond acceptors (Lipinski definition) is 8. The summed E-state index contributed by atoms with van der Waals surface area (Å²) in [6, 6.07) is 2.99. The van der Waals surface area contributed by atoms with Crippen LogP contribution in [0.4, 0.5) is 17.3 Å². The van der Waals surface area contributed by atoms with Crippen LogP contribution in [0, 0.1) is 17.0 Å². The molecule has 2 aromatic heterocycles. The Morgan fingerprint density at radius 3 is 2.76 bits per heavy atom. The molecule has 9 nitrogen and oxygen atoms in total. The van der Waals surface area contributed by atoms with Crippen molar-refractivity contribution < 1.29 is 9.45 Å². The maximum atomic E-state index is 11.0. The van der Waals surface area contributed by atoms with Crippen LogP contribution >= 0.6 is 0 Å². The van der Waals surface area contributed by atoms with Crippen molar-refractivity contribution in [3.63, 3.8) is 0 Å². The van der Waals surface area contributed by atoms with Gasteiger partial charge in [0, 0.05) is 12.6 Å². The zero-order valence-electron chi connectivity index (χ0n) is 11.8. The summed E-state index contributed by atoms with van der Waals surface area (Å²) in [5.41, 5.74) is -0.103. The first-order valence-corrected chi connectivity index (χ1v) is 6.52. The molecule has 0 aromatic carbocycles. The lowest BCUT2D eigenvalue weighted by atomic mass is 10.3. The van der Waals surface area contributed by atoms with Crippen LogP contribution in [0.2, 0.25) is 0 Å². The molecule has 0 spiro atoms. The maximum absolute atomic E-state index is 11.0. The van der Waals surface area contributed by atoms with E-state index in [9.17, 15) is 10.1 Å². The molecule has 0 saturated carbocycles. The van der Waals surface area contributed by atoms with Crippen molar-refractivity contribution in [2.45, 2.75) is 26.8 Å². The fraction of sp³-hybridized carbons (Fsp3) is 0.417. The molecule has 0 fully saturated rings. The summed E-state index contributed by atoms with van der Waals surface area (Å²) < 4.78 is 4.94. The summed E-state index contributed by atoms with van der Waals surface area (Å²) in [5.74, 6) is 1.59. The van der Waals surface area contributed by atoms with E-state index in [1.54, 1.807) is 13.0 Å². The Kier molecular flexibility index (Phi) is 4.64. The van der Waals surface area contributed by atoms with Crippen molar-refractivity contribution in [2.24, 2.45) is 0 Å². The monoisotopic (exact) mass is 292 g/mol. The molecule has 0 aliphatic heterocycles. The summed E-state index contributed by atoms with van der Waals surface area (Å²) in [5, 5.41) is 20.6. The Labute approximate surface area is 120 Å². The van der Waals surface area contributed by atoms with E-state index in [2.05, 4.69) is 25.8 Å². The third kappa shape index (κ3) is 3.88. The fourth-order valence-electron chi connectivity index (χ4n) is 1.65. The third-order valence-electron chi connectivity index (χ3n) is 2.60. The molecule has 0 bridgehead atoms. The second-order valence-electron chi connectivity index (χ2n) is 4.34.